The molecule has 1 aliphatic heterocycles. The molecule has 1 fully saturated rings. The molecule has 17 heavy (non-hydrogen) atoms. The lowest BCUT2D eigenvalue weighted by atomic mass is 9.99. The zero-order chi connectivity index (χ0) is 11.7. The highest BCUT2D eigenvalue weighted by Gasteiger charge is 2.19. The van der Waals surface area contributed by atoms with E-state index in [-0.39, 0.29) is 0 Å². The fourth-order valence-electron chi connectivity index (χ4n) is 2.11. The number of thiazole rings is 1. The molecule has 0 radical (unpaired) electrons. The molecule has 3 rings (SSSR count). The number of halogens is 1. The van der Waals surface area contributed by atoms with E-state index in [0.717, 1.165) is 29.2 Å². The number of furan rings is 1. The molecule has 2 aromatic rings. The van der Waals surface area contributed by atoms with Crippen LogP contribution in [0.15, 0.2) is 26.6 Å². The van der Waals surface area contributed by atoms with Crippen LogP contribution in [0.25, 0.3) is 11.5 Å². The van der Waals surface area contributed by atoms with Gasteiger partial charge in [-0.05, 0) is 54.0 Å². The van der Waals surface area contributed by atoms with Crippen LogP contribution in [0.2, 0.25) is 0 Å². The van der Waals surface area contributed by atoms with Crippen LogP contribution in [0.1, 0.15) is 23.8 Å². The van der Waals surface area contributed by atoms with Gasteiger partial charge in [0.1, 0.15) is 5.69 Å². The molecule has 0 spiro atoms. The van der Waals surface area contributed by atoms with E-state index in [1.54, 1.807) is 11.3 Å². The largest absolute Gasteiger partial charge is 0.448 e. The summed E-state index contributed by atoms with van der Waals surface area (Å²) in [4.78, 5) is 4.69. The first-order valence-electron chi connectivity index (χ1n) is 5.75. The van der Waals surface area contributed by atoms with E-state index in [0.29, 0.717) is 5.92 Å². The summed E-state index contributed by atoms with van der Waals surface area (Å²) in [6, 6.07) is 3.85. The molecule has 0 aliphatic carbocycles. The topological polar surface area (TPSA) is 38.1 Å². The Hall–Kier alpha value is -0.650. The Bertz CT molecular complexity index is 502. The Morgan fingerprint density at radius 3 is 2.88 bits per heavy atom. The summed E-state index contributed by atoms with van der Waals surface area (Å²) >= 11 is 5.06. The highest BCUT2D eigenvalue weighted by molar-refractivity contribution is 9.10. The van der Waals surface area contributed by atoms with Crippen LogP contribution in [0.5, 0.6) is 0 Å². The number of hydrogen-bond acceptors (Lipinski definition) is 4. The molecule has 1 aliphatic rings. The van der Waals surface area contributed by atoms with Crippen molar-refractivity contribution in [3.05, 3.63) is 27.2 Å². The number of nitrogens with one attached hydrogen (secondary N) is 1. The minimum Gasteiger partial charge on any atom is -0.448 e. The predicted molar refractivity (Wildman–Crippen MR) is 72.4 cm³/mol. The van der Waals surface area contributed by atoms with Crippen molar-refractivity contribution >= 4 is 27.3 Å². The first-order chi connectivity index (χ1) is 8.33. The fourth-order valence-corrected chi connectivity index (χ4v) is 3.40. The van der Waals surface area contributed by atoms with E-state index in [1.807, 2.05) is 12.1 Å². The Morgan fingerprint density at radius 2 is 2.18 bits per heavy atom. The summed E-state index contributed by atoms with van der Waals surface area (Å²) in [6.07, 6.45) is 2.38. The van der Waals surface area contributed by atoms with Gasteiger partial charge in [-0.25, -0.2) is 4.98 Å². The molecule has 0 aromatic carbocycles. The lowest BCUT2D eigenvalue weighted by molar-refractivity contribution is 0.459. The van der Waals surface area contributed by atoms with Gasteiger partial charge in [-0.2, -0.15) is 0 Å². The lowest BCUT2D eigenvalue weighted by Gasteiger charge is -2.20. The van der Waals surface area contributed by atoms with Gasteiger partial charge < -0.3 is 9.73 Å². The standard InChI is InChI=1S/C12H13BrN2OS/c13-11-2-1-10(16-11)9-7-17-12(15-9)8-3-5-14-6-4-8/h1-2,7-8,14H,3-6H2. The molecule has 90 valence electrons. The normalized spacial score (nSPS) is 17.5. The van der Waals surface area contributed by atoms with Crippen LogP contribution in [-0.2, 0) is 0 Å². The zero-order valence-electron chi connectivity index (χ0n) is 9.28. The second kappa shape index (κ2) is 4.92. The quantitative estimate of drug-likeness (QED) is 0.920. The number of piperidine rings is 1. The van der Waals surface area contributed by atoms with Gasteiger partial charge in [0.25, 0.3) is 0 Å². The second-order valence-electron chi connectivity index (χ2n) is 4.20. The second-order valence-corrected chi connectivity index (χ2v) is 5.87. The van der Waals surface area contributed by atoms with E-state index in [2.05, 4.69) is 26.6 Å². The van der Waals surface area contributed by atoms with Crippen LogP contribution < -0.4 is 5.32 Å². The number of hydrogen-bond donors (Lipinski definition) is 1. The average molecular weight is 313 g/mol. The molecule has 0 amide bonds. The third kappa shape index (κ3) is 2.46. The maximum Gasteiger partial charge on any atom is 0.169 e. The summed E-state index contributed by atoms with van der Waals surface area (Å²) in [5.74, 6) is 1.46. The molecule has 3 heterocycles. The van der Waals surface area contributed by atoms with Crippen molar-refractivity contribution in [3.63, 3.8) is 0 Å². The zero-order valence-corrected chi connectivity index (χ0v) is 11.7. The smallest absolute Gasteiger partial charge is 0.169 e. The third-order valence-electron chi connectivity index (χ3n) is 3.04. The molecular formula is C12H13BrN2OS. The third-order valence-corrected chi connectivity index (χ3v) is 4.47. The minimum atomic E-state index is 0.619. The van der Waals surface area contributed by atoms with Crippen molar-refractivity contribution in [1.29, 1.82) is 0 Å². The molecule has 1 saturated heterocycles. The molecule has 0 unspecified atom stereocenters. The van der Waals surface area contributed by atoms with E-state index < -0.39 is 0 Å². The van der Waals surface area contributed by atoms with Gasteiger partial charge in [-0.1, -0.05) is 0 Å². The van der Waals surface area contributed by atoms with Crippen molar-refractivity contribution in [1.82, 2.24) is 10.3 Å². The number of rotatable bonds is 2. The SMILES string of the molecule is Brc1ccc(-c2csc(C3CCNCC3)n2)o1. The maximum absolute atomic E-state index is 5.52. The van der Waals surface area contributed by atoms with Gasteiger partial charge in [-0.15, -0.1) is 11.3 Å². The van der Waals surface area contributed by atoms with Gasteiger partial charge >= 0.3 is 0 Å². The fraction of sp³-hybridized carbons (Fsp3) is 0.417. The monoisotopic (exact) mass is 312 g/mol. The Morgan fingerprint density at radius 1 is 1.35 bits per heavy atom. The Labute approximate surface area is 112 Å². The molecule has 2 aromatic heterocycles. The molecule has 0 atom stereocenters. The minimum absolute atomic E-state index is 0.619. The van der Waals surface area contributed by atoms with Crippen molar-refractivity contribution < 1.29 is 4.42 Å². The molecule has 5 heteroatoms. The molecule has 3 nitrogen and oxygen atoms in total. The maximum atomic E-state index is 5.52. The summed E-state index contributed by atoms with van der Waals surface area (Å²) in [7, 11) is 0. The first kappa shape index (κ1) is 11.4. The van der Waals surface area contributed by atoms with Gasteiger partial charge in [0, 0.05) is 11.3 Å². The Balaban J connectivity index is 1.82. The van der Waals surface area contributed by atoms with Gasteiger partial charge in [0.2, 0.25) is 0 Å². The predicted octanol–water partition coefficient (Wildman–Crippen LogP) is 3.63. The van der Waals surface area contributed by atoms with Crippen molar-refractivity contribution in [2.45, 2.75) is 18.8 Å². The summed E-state index contributed by atoms with van der Waals surface area (Å²) < 4.78 is 6.27. The summed E-state index contributed by atoms with van der Waals surface area (Å²) in [5.41, 5.74) is 0.953. The van der Waals surface area contributed by atoms with Gasteiger partial charge in [-0.3, -0.25) is 0 Å². The highest BCUT2D eigenvalue weighted by Crippen LogP contribution is 2.32. The van der Waals surface area contributed by atoms with Gasteiger partial charge in [0.05, 0.1) is 5.01 Å². The van der Waals surface area contributed by atoms with Crippen molar-refractivity contribution in [2.75, 3.05) is 13.1 Å². The van der Waals surface area contributed by atoms with E-state index >= 15 is 0 Å². The van der Waals surface area contributed by atoms with Crippen LogP contribution in [-0.4, -0.2) is 18.1 Å². The highest BCUT2D eigenvalue weighted by atomic mass is 79.9. The molecule has 0 bridgehead atoms. The number of nitrogens with zero attached hydrogens (tertiary/aromatic N) is 1. The van der Waals surface area contributed by atoms with E-state index in [4.69, 9.17) is 9.40 Å². The van der Waals surface area contributed by atoms with E-state index in [1.165, 1.54) is 17.8 Å². The molecule has 1 N–H and O–H groups in total. The summed E-state index contributed by atoms with van der Waals surface area (Å²) in [6.45, 7) is 2.21. The average Bonchev–Trinajstić information content (AvgIpc) is 2.98. The lowest BCUT2D eigenvalue weighted by Crippen LogP contribution is -2.26. The number of aromatic nitrogens is 1. The summed E-state index contributed by atoms with van der Waals surface area (Å²) in [5, 5.41) is 6.71. The van der Waals surface area contributed by atoms with E-state index in [9.17, 15) is 0 Å². The molecular weight excluding hydrogens is 300 g/mol. The van der Waals surface area contributed by atoms with Crippen LogP contribution in [0.3, 0.4) is 0 Å². The first-order valence-corrected chi connectivity index (χ1v) is 7.42. The Kier molecular flexibility index (Phi) is 3.31. The molecule has 0 saturated carbocycles. The van der Waals surface area contributed by atoms with Crippen molar-refractivity contribution in [2.24, 2.45) is 0 Å². The van der Waals surface area contributed by atoms with Gasteiger partial charge in [0.15, 0.2) is 10.4 Å². The van der Waals surface area contributed by atoms with Crippen molar-refractivity contribution in [3.8, 4) is 11.5 Å². The van der Waals surface area contributed by atoms with Crippen LogP contribution >= 0.6 is 27.3 Å². The van der Waals surface area contributed by atoms with Crippen LogP contribution in [0.4, 0.5) is 0 Å². The van der Waals surface area contributed by atoms with Crippen LogP contribution in [0, 0.1) is 0 Å².